The van der Waals surface area contributed by atoms with Gasteiger partial charge in [0.1, 0.15) is 11.4 Å². The highest BCUT2D eigenvalue weighted by Gasteiger charge is 2.31. The van der Waals surface area contributed by atoms with Crippen molar-refractivity contribution < 1.29 is 9.84 Å². The molecular weight excluding hydrogens is 264 g/mol. The molecule has 0 fully saturated rings. The highest BCUT2D eigenvalue weighted by atomic mass is 16.5. The van der Waals surface area contributed by atoms with Gasteiger partial charge in [0.05, 0.1) is 25.3 Å². The van der Waals surface area contributed by atoms with Crippen molar-refractivity contribution in [3.63, 3.8) is 0 Å². The van der Waals surface area contributed by atoms with E-state index < -0.39 is 5.60 Å². The lowest BCUT2D eigenvalue weighted by atomic mass is 9.87. The van der Waals surface area contributed by atoms with Gasteiger partial charge in [-0.1, -0.05) is 25.1 Å². The maximum absolute atomic E-state index is 11.0. The van der Waals surface area contributed by atoms with Gasteiger partial charge in [0, 0.05) is 0 Å². The molecule has 1 heterocycles. The number of benzene rings is 2. The van der Waals surface area contributed by atoms with Gasteiger partial charge in [0.25, 0.3) is 0 Å². The summed E-state index contributed by atoms with van der Waals surface area (Å²) < 4.78 is 5.24. The van der Waals surface area contributed by atoms with Gasteiger partial charge < -0.3 is 14.8 Å². The number of nitrogens with zero attached hydrogens (tertiary/aromatic N) is 1. The number of aliphatic hydroxyl groups is 1. The maximum atomic E-state index is 11.0. The van der Waals surface area contributed by atoms with Crippen LogP contribution in [0.15, 0.2) is 48.9 Å². The van der Waals surface area contributed by atoms with Crippen LogP contribution >= 0.6 is 0 Å². The summed E-state index contributed by atoms with van der Waals surface area (Å²) in [6, 6.07) is 11.9. The van der Waals surface area contributed by atoms with Gasteiger partial charge >= 0.3 is 0 Å². The zero-order valence-corrected chi connectivity index (χ0v) is 12.1. The molecule has 1 unspecified atom stereocenters. The van der Waals surface area contributed by atoms with Crippen molar-refractivity contribution in [3.8, 4) is 5.75 Å². The molecule has 0 spiro atoms. The fraction of sp³-hybridized carbons (Fsp3) is 0.235. The Morgan fingerprint density at radius 3 is 2.62 bits per heavy atom. The van der Waals surface area contributed by atoms with Crippen LogP contribution in [0.2, 0.25) is 0 Å². The molecule has 3 aromatic rings. The summed E-state index contributed by atoms with van der Waals surface area (Å²) in [5.74, 6) is 0.828. The zero-order chi connectivity index (χ0) is 14.9. The largest absolute Gasteiger partial charge is 0.497 e. The number of aromatic nitrogens is 2. The Kier molecular flexibility index (Phi) is 3.39. The lowest BCUT2D eigenvalue weighted by Gasteiger charge is -2.26. The maximum Gasteiger partial charge on any atom is 0.131 e. The van der Waals surface area contributed by atoms with Crippen molar-refractivity contribution in [2.24, 2.45) is 0 Å². The van der Waals surface area contributed by atoms with Crippen LogP contribution < -0.4 is 4.74 Å². The van der Waals surface area contributed by atoms with Crippen molar-refractivity contribution in [1.29, 1.82) is 0 Å². The summed E-state index contributed by atoms with van der Waals surface area (Å²) in [6.45, 7) is 1.96. The second-order valence-electron chi connectivity index (χ2n) is 5.11. The lowest BCUT2D eigenvalue weighted by molar-refractivity contribution is 0.0725. The van der Waals surface area contributed by atoms with Gasteiger partial charge in [-0.15, -0.1) is 0 Å². The molecule has 0 aliphatic heterocycles. The summed E-state index contributed by atoms with van der Waals surface area (Å²) in [5, 5.41) is 13.2. The lowest BCUT2D eigenvalue weighted by Crippen LogP contribution is -2.26. The molecule has 0 aliphatic rings. The van der Waals surface area contributed by atoms with Crippen molar-refractivity contribution in [1.82, 2.24) is 9.97 Å². The van der Waals surface area contributed by atoms with E-state index in [1.54, 1.807) is 19.6 Å². The summed E-state index contributed by atoms with van der Waals surface area (Å²) in [5.41, 5.74) is 0.509. The second-order valence-corrected chi connectivity index (χ2v) is 5.11. The van der Waals surface area contributed by atoms with E-state index in [-0.39, 0.29) is 0 Å². The Morgan fingerprint density at radius 2 is 1.95 bits per heavy atom. The molecule has 0 radical (unpaired) electrons. The number of imidazole rings is 1. The number of nitrogens with one attached hydrogen (secondary N) is 1. The van der Waals surface area contributed by atoms with Crippen LogP contribution in [0.3, 0.4) is 0 Å². The molecular formula is C17H18N2O2. The molecule has 2 N–H and O–H groups in total. The molecule has 4 nitrogen and oxygen atoms in total. The van der Waals surface area contributed by atoms with E-state index in [2.05, 4.69) is 9.97 Å². The molecule has 1 atom stereocenters. The van der Waals surface area contributed by atoms with E-state index in [1.807, 2.05) is 43.3 Å². The molecule has 108 valence electrons. The summed E-state index contributed by atoms with van der Waals surface area (Å²) in [4.78, 5) is 7.03. The van der Waals surface area contributed by atoms with Gasteiger partial charge in [0.15, 0.2) is 0 Å². The Morgan fingerprint density at radius 1 is 1.19 bits per heavy atom. The summed E-state index contributed by atoms with van der Waals surface area (Å²) in [7, 11) is 1.66. The second kappa shape index (κ2) is 5.22. The van der Waals surface area contributed by atoms with Crippen LogP contribution in [0.4, 0.5) is 0 Å². The predicted octanol–water partition coefficient (Wildman–Crippen LogP) is 3.22. The van der Waals surface area contributed by atoms with Crippen LogP contribution in [0.5, 0.6) is 5.75 Å². The molecule has 1 aromatic heterocycles. The minimum Gasteiger partial charge on any atom is -0.497 e. The van der Waals surface area contributed by atoms with Crippen LogP contribution in [-0.2, 0) is 5.60 Å². The van der Waals surface area contributed by atoms with Crippen LogP contribution in [-0.4, -0.2) is 22.2 Å². The van der Waals surface area contributed by atoms with Crippen molar-refractivity contribution in [2.45, 2.75) is 18.9 Å². The SMILES string of the molecule is CCC(O)(c1ccc2cc(OC)ccc2c1)c1cnc[nH]1. The zero-order valence-electron chi connectivity index (χ0n) is 12.1. The van der Waals surface area contributed by atoms with Crippen LogP contribution in [0.1, 0.15) is 24.6 Å². The topological polar surface area (TPSA) is 58.1 Å². The first-order valence-electron chi connectivity index (χ1n) is 6.97. The number of hydrogen-bond donors (Lipinski definition) is 2. The third kappa shape index (κ3) is 2.28. The third-order valence-electron chi connectivity index (χ3n) is 3.98. The van der Waals surface area contributed by atoms with Crippen molar-refractivity contribution >= 4 is 10.8 Å². The molecule has 21 heavy (non-hydrogen) atoms. The van der Waals surface area contributed by atoms with Gasteiger partial charge in [-0.05, 0) is 41.0 Å². The van der Waals surface area contributed by atoms with E-state index >= 15 is 0 Å². The number of methoxy groups -OCH3 is 1. The fourth-order valence-corrected chi connectivity index (χ4v) is 2.64. The van der Waals surface area contributed by atoms with Gasteiger partial charge in [-0.3, -0.25) is 0 Å². The number of fused-ring (bicyclic) bond motifs is 1. The normalized spacial score (nSPS) is 14.0. The average Bonchev–Trinajstić information content (AvgIpc) is 3.08. The quantitative estimate of drug-likeness (QED) is 0.772. The first-order valence-corrected chi connectivity index (χ1v) is 6.97. The number of ether oxygens (including phenoxy) is 1. The van der Waals surface area contributed by atoms with Crippen molar-refractivity contribution in [3.05, 3.63) is 60.2 Å². The Labute approximate surface area is 123 Å². The van der Waals surface area contributed by atoms with Gasteiger partial charge in [-0.25, -0.2) is 4.98 Å². The fourth-order valence-electron chi connectivity index (χ4n) is 2.64. The molecule has 4 heteroatoms. The van der Waals surface area contributed by atoms with Crippen LogP contribution in [0.25, 0.3) is 10.8 Å². The van der Waals surface area contributed by atoms with Gasteiger partial charge in [-0.2, -0.15) is 0 Å². The number of hydrogen-bond acceptors (Lipinski definition) is 3. The number of rotatable bonds is 4. The smallest absolute Gasteiger partial charge is 0.131 e. The minimum atomic E-state index is -1.05. The van der Waals surface area contributed by atoms with E-state index in [0.717, 1.165) is 22.1 Å². The standard InChI is InChI=1S/C17H18N2O2/c1-3-17(20,16-10-18-11-19-16)14-6-4-13-9-15(21-2)7-5-12(13)8-14/h4-11,20H,3H2,1-2H3,(H,18,19). The predicted molar refractivity (Wildman–Crippen MR) is 82.4 cm³/mol. The average molecular weight is 282 g/mol. The molecule has 0 bridgehead atoms. The van der Waals surface area contributed by atoms with Crippen molar-refractivity contribution in [2.75, 3.05) is 7.11 Å². The summed E-state index contributed by atoms with van der Waals surface area (Å²) in [6.07, 6.45) is 3.82. The first-order chi connectivity index (χ1) is 10.2. The molecule has 0 amide bonds. The van der Waals surface area contributed by atoms with E-state index in [4.69, 9.17) is 4.74 Å². The first kappa shape index (κ1) is 13.6. The van der Waals surface area contributed by atoms with E-state index in [1.165, 1.54) is 0 Å². The summed E-state index contributed by atoms with van der Waals surface area (Å²) >= 11 is 0. The highest BCUT2D eigenvalue weighted by molar-refractivity contribution is 5.84. The molecule has 0 saturated heterocycles. The number of H-pyrrole nitrogens is 1. The Hall–Kier alpha value is -2.33. The highest BCUT2D eigenvalue weighted by Crippen LogP contribution is 2.33. The van der Waals surface area contributed by atoms with Gasteiger partial charge in [0.2, 0.25) is 0 Å². The Balaban J connectivity index is 2.11. The third-order valence-corrected chi connectivity index (χ3v) is 3.98. The van der Waals surface area contributed by atoms with E-state index in [0.29, 0.717) is 12.1 Å². The van der Waals surface area contributed by atoms with E-state index in [9.17, 15) is 5.11 Å². The molecule has 2 aromatic carbocycles. The molecule has 0 saturated carbocycles. The Bertz CT molecular complexity index is 753. The minimum absolute atomic E-state index is 0.566. The monoisotopic (exact) mass is 282 g/mol. The molecule has 0 aliphatic carbocycles. The van der Waals surface area contributed by atoms with Crippen LogP contribution in [0, 0.1) is 0 Å². The number of aromatic amines is 1. The molecule has 3 rings (SSSR count).